The zero-order valence-electron chi connectivity index (χ0n) is 16.5. The molecule has 0 aliphatic rings. The molecular weight excluding hydrogens is 435 g/mol. The van der Waals surface area contributed by atoms with Gasteiger partial charge in [0.25, 0.3) is 5.91 Å². The van der Waals surface area contributed by atoms with Crippen LogP contribution in [0.5, 0.6) is 11.5 Å². The van der Waals surface area contributed by atoms with Gasteiger partial charge >= 0.3 is 0 Å². The largest absolute Gasteiger partial charge is 0.505 e. The van der Waals surface area contributed by atoms with Gasteiger partial charge in [-0.1, -0.05) is 41.4 Å². The molecule has 0 saturated heterocycles. The van der Waals surface area contributed by atoms with Crippen molar-refractivity contribution < 1.29 is 14.6 Å². The van der Waals surface area contributed by atoms with Crippen molar-refractivity contribution in [3.8, 4) is 11.5 Å². The van der Waals surface area contributed by atoms with Crippen LogP contribution in [-0.2, 0) is 0 Å². The highest BCUT2D eigenvalue weighted by Gasteiger charge is 2.25. The fourth-order valence-electron chi connectivity index (χ4n) is 3.42. The van der Waals surface area contributed by atoms with Crippen LogP contribution in [0.15, 0.2) is 72.9 Å². The molecule has 3 aromatic carbocycles. The summed E-state index contributed by atoms with van der Waals surface area (Å²) in [5.41, 5.74) is 1.79. The lowest BCUT2D eigenvalue weighted by molar-refractivity contribution is 0.0942. The number of halogens is 2. The molecule has 2 N–H and O–H groups in total. The van der Waals surface area contributed by atoms with E-state index in [1.807, 2.05) is 6.07 Å². The third-order valence-corrected chi connectivity index (χ3v) is 5.66. The average molecular weight is 453 g/mol. The van der Waals surface area contributed by atoms with Crippen LogP contribution in [0.1, 0.15) is 27.5 Å². The van der Waals surface area contributed by atoms with Crippen LogP contribution >= 0.6 is 23.2 Å². The quantitative estimate of drug-likeness (QED) is 0.402. The Hall–Kier alpha value is -3.28. The molecule has 0 aliphatic carbocycles. The zero-order valence-corrected chi connectivity index (χ0v) is 18.0. The summed E-state index contributed by atoms with van der Waals surface area (Å²) in [4.78, 5) is 17.3. The topological polar surface area (TPSA) is 71.5 Å². The molecule has 5 nitrogen and oxygen atoms in total. The van der Waals surface area contributed by atoms with Gasteiger partial charge in [-0.3, -0.25) is 9.78 Å². The summed E-state index contributed by atoms with van der Waals surface area (Å²) < 4.78 is 5.15. The first-order chi connectivity index (χ1) is 15.0. The Kier molecular flexibility index (Phi) is 5.98. The summed E-state index contributed by atoms with van der Waals surface area (Å²) in [7, 11) is 1.56. The molecule has 156 valence electrons. The first kappa shape index (κ1) is 21.0. The van der Waals surface area contributed by atoms with Crippen molar-refractivity contribution in [2.24, 2.45) is 0 Å². The van der Waals surface area contributed by atoms with Crippen LogP contribution in [0.2, 0.25) is 10.0 Å². The summed E-state index contributed by atoms with van der Waals surface area (Å²) in [5, 5.41) is 15.5. The lowest BCUT2D eigenvalue weighted by Crippen LogP contribution is -2.29. The number of aromatic nitrogens is 1. The minimum Gasteiger partial charge on any atom is -0.505 e. The van der Waals surface area contributed by atoms with Crippen LogP contribution < -0.4 is 10.1 Å². The predicted octanol–water partition coefficient (Wildman–Crippen LogP) is 5.78. The smallest absolute Gasteiger partial charge is 0.252 e. The van der Waals surface area contributed by atoms with Crippen LogP contribution in [0.4, 0.5) is 0 Å². The number of hydrogen-bond acceptors (Lipinski definition) is 4. The zero-order chi connectivity index (χ0) is 22.0. The van der Waals surface area contributed by atoms with Gasteiger partial charge in [0.05, 0.1) is 18.2 Å². The van der Waals surface area contributed by atoms with Gasteiger partial charge < -0.3 is 15.2 Å². The summed E-state index contributed by atoms with van der Waals surface area (Å²) in [6, 6.07) is 18.2. The minimum absolute atomic E-state index is 0.0695. The molecule has 7 heteroatoms. The Morgan fingerprint density at radius 1 is 1.00 bits per heavy atom. The molecule has 31 heavy (non-hydrogen) atoms. The van der Waals surface area contributed by atoms with Gasteiger partial charge in [0.2, 0.25) is 0 Å². The number of nitrogens with zero attached hydrogens (tertiary/aromatic N) is 1. The fraction of sp³-hybridized carbons (Fsp3) is 0.0833. The summed E-state index contributed by atoms with van der Waals surface area (Å²) in [6.07, 6.45) is 1.57. The third kappa shape index (κ3) is 4.15. The van der Waals surface area contributed by atoms with Crippen LogP contribution in [0.25, 0.3) is 10.9 Å². The number of benzene rings is 3. The number of aromatic hydroxyl groups is 1. The molecular formula is C24H18Cl2N2O3. The summed E-state index contributed by atoms with van der Waals surface area (Å²) >= 11 is 12.9. The molecule has 4 rings (SSSR count). The van der Waals surface area contributed by atoms with Crippen molar-refractivity contribution in [2.75, 3.05) is 7.11 Å². The highest BCUT2D eigenvalue weighted by Crippen LogP contribution is 2.40. The van der Waals surface area contributed by atoms with Gasteiger partial charge in [-0.05, 0) is 54.1 Å². The lowest BCUT2D eigenvalue weighted by atomic mass is 9.95. The van der Waals surface area contributed by atoms with Gasteiger partial charge in [-0.15, -0.1) is 0 Å². The van der Waals surface area contributed by atoms with E-state index in [0.29, 0.717) is 43.4 Å². The van der Waals surface area contributed by atoms with E-state index in [9.17, 15) is 9.90 Å². The lowest BCUT2D eigenvalue weighted by Gasteiger charge is -2.23. The molecule has 1 amide bonds. The van der Waals surface area contributed by atoms with Gasteiger partial charge in [-0.2, -0.15) is 0 Å². The maximum Gasteiger partial charge on any atom is 0.252 e. The van der Waals surface area contributed by atoms with E-state index in [2.05, 4.69) is 10.3 Å². The standard InChI is InChI=1S/C24H18Cl2N2O3/c1-31-15-10-8-14(9-11-15)24(30)28-21(16-5-2-3-7-19(16)25)18-13-20(26)17-6-4-12-27-22(17)23(18)29/h2-13,21,29H,1H3,(H,28,30)/t21-/m1/s1. The Morgan fingerprint density at radius 2 is 1.74 bits per heavy atom. The first-order valence-electron chi connectivity index (χ1n) is 9.45. The number of phenolic OH excluding ortho intramolecular Hbond substituents is 1. The Morgan fingerprint density at radius 3 is 2.45 bits per heavy atom. The van der Waals surface area contributed by atoms with Gasteiger partial charge in [0.15, 0.2) is 0 Å². The number of ether oxygens (including phenoxy) is 1. The average Bonchev–Trinajstić information content (AvgIpc) is 2.80. The molecule has 1 atom stereocenters. The molecule has 0 radical (unpaired) electrons. The molecule has 1 heterocycles. The second-order valence-corrected chi connectivity index (χ2v) is 7.67. The monoisotopic (exact) mass is 452 g/mol. The number of fused-ring (bicyclic) bond motifs is 1. The molecule has 0 unspecified atom stereocenters. The van der Waals surface area contributed by atoms with E-state index in [1.54, 1.807) is 74.0 Å². The SMILES string of the molecule is COc1ccc(C(=O)N[C@H](c2ccccc2Cl)c2cc(Cl)c3cccnc3c2O)cc1. The number of amides is 1. The van der Waals surface area contributed by atoms with Crippen molar-refractivity contribution in [3.05, 3.63) is 99.7 Å². The van der Waals surface area contributed by atoms with E-state index in [4.69, 9.17) is 27.9 Å². The number of hydrogen-bond donors (Lipinski definition) is 2. The van der Waals surface area contributed by atoms with Crippen molar-refractivity contribution in [1.82, 2.24) is 10.3 Å². The number of pyridine rings is 1. The number of carbonyl (C=O) groups is 1. The number of carbonyl (C=O) groups excluding carboxylic acids is 1. The van der Waals surface area contributed by atoms with Crippen molar-refractivity contribution in [1.29, 1.82) is 0 Å². The van der Waals surface area contributed by atoms with E-state index < -0.39 is 6.04 Å². The molecule has 4 aromatic rings. The Balaban J connectivity index is 1.82. The Bertz CT molecular complexity index is 1260. The number of rotatable bonds is 5. The summed E-state index contributed by atoms with van der Waals surface area (Å²) in [6.45, 7) is 0. The fourth-order valence-corrected chi connectivity index (χ4v) is 3.93. The molecule has 0 bridgehead atoms. The van der Waals surface area contributed by atoms with Crippen molar-refractivity contribution in [3.63, 3.8) is 0 Å². The minimum atomic E-state index is -0.757. The number of phenols is 1. The van der Waals surface area contributed by atoms with E-state index in [0.717, 1.165) is 0 Å². The maximum atomic E-state index is 13.0. The molecule has 0 fully saturated rings. The van der Waals surface area contributed by atoms with Crippen molar-refractivity contribution >= 4 is 40.0 Å². The highest BCUT2D eigenvalue weighted by atomic mass is 35.5. The second-order valence-electron chi connectivity index (χ2n) is 6.85. The van der Waals surface area contributed by atoms with Gasteiger partial charge in [0, 0.05) is 27.7 Å². The number of methoxy groups -OCH3 is 1. The van der Waals surface area contributed by atoms with Crippen LogP contribution in [-0.4, -0.2) is 23.1 Å². The first-order valence-corrected chi connectivity index (χ1v) is 10.2. The third-order valence-electron chi connectivity index (χ3n) is 5.00. The van der Waals surface area contributed by atoms with E-state index in [-0.39, 0.29) is 11.7 Å². The molecule has 0 saturated carbocycles. The van der Waals surface area contributed by atoms with Crippen molar-refractivity contribution in [2.45, 2.75) is 6.04 Å². The maximum absolute atomic E-state index is 13.0. The summed E-state index contributed by atoms with van der Waals surface area (Å²) in [5.74, 6) is 0.230. The molecule has 0 spiro atoms. The molecule has 0 aliphatic heterocycles. The second kappa shape index (κ2) is 8.84. The van der Waals surface area contributed by atoms with E-state index in [1.165, 1.54) is 0 Å². The van der Waals surface area contributed by atoms with Gasteiger partial charge in [-0.25, -0.2) is 0 Å². The highest BCUT2D eigenvalue weighted by molar-refractivity contribution is 6.35. The normalized spacial score (nSPS) is 11.8. The Labute approximate surface area is 189 Å². The van der Waals surface area contributed by atoms with Crippen LogP contribution in [0, 0.1) is 0 Å². The molecule has 1 aromatic heterocycles. The van der Waals surface area contributed by atoms with Crippen LogP contribution in [0.3, 0.4) is 0 Å². The van der Waals surface area contributed by atoms with Gasteiger partial charge in [0.1, 0.15) is 17.0 Å². The van der Waals surface area contributed by atoms with E-state index >= 15 is 0 Å². The number of nitrogens with one attached hydrogen (secondary N) is 1. The predicted molar refractivity (Wildman–Crippen MR) is 122 cm³/mol.